The first kappa shape index (κ1) is 18.1. The van der Waals surface area contributed by atoms with Crippen molar-refractivity contribution >= 4 is 6.03 Å². The molecule has 1 heterocycles. The predicted molar refractivity (Wildman–Crippen MR) is 94.6 cm³/mol. The van der Waals surface area contributed by atoms with Gasteiger partial charge in [0, 0.05) is 31.3 Å². The van der Waals surface area contributed by atoms with E-state index in [0.717, 1.165) is 18.4 Å². The Morgan fingerprint density at radius 2 is 2.12 bits per heavy atom. The average molecular weight is 349 g/mol. The van der Waals surface area contributed by atoms with E-state index in [0.29, 0.717) is 37.3 Å². The summed E-state index contributed by atoms with van der Waals surface area (Å²) in [5.41, 5.74) is 1.42. The fraction of sp³-hybridized carbons (Fsp3) is 0.632. The molecule has 2 N–H and O–H groups in total. The van der Waals surface area contributed by atoms with E-state index in [9.17, 15) is 9.18 Å². The molecule has 6 heteroatoms. The zero-order valence-corrected chi connectivity index (χ0v) is 15.1. The van der Waals surface area contributed by atoms with Crippen molar-refractivity contribution in [2.24, 2.45) is 5.92 Å². The van der Waals surface area contributed by atoms with E-state index < -0.39 is 0 Å². The predicted octanol–water partition coefficient (Wildman–Crippen LogP) is 2.64. The topological polar surface area (TPSA) is 53.6 Å². The molecule has 138 valence electrons. The van der Waals surface area contributed by atoms with Crippen molar-refractivity contribution in [2.75, 3.05) is 20.7 Å². The average Bonchev–Trinajstić information content (AvgIpc) is 3.40. The van der Waals surface area contributed by atoms with Gasteiger partial charge in [-0.05, 0) is 57.3 Å². The highest BCUT2D eigenvalue weighted by atomic mass is 19.1. The molecule has 1 saturated heterocycles. The van der Waals surface area contributed by atoms with Crippen LogP contribution in [-0.4, -0.2) is 43.8 Å². The standard InChI is InChI=1S/C19H28FN3O2/c1-23(2)12-15-4-3-13(9-17(15)20)11-21-19(24)22-16-7-8-25-18(10-16)14-5-6-14/h3-4,9,14,16,18H,5-8,10-12H2,1-2H3,(H2,21,22,24). The molecule has 1 aromatic rings. The molecule has 0 radical (unpaired) electrons. The van der Waals surface area contributed by atoms with E-state index >= 15 is 0 Å². The number of hydrogen-bond acceptors (Lipinski definition) is 3. The lowest BCUT2D eigenvalue weighted by Gasteiger charge is -2.30. The van der Waals surface area contributed by atoms with Gasteiger partial charge in [0.25, 0.3) is 0 Å². The molecule has 0 spiro atoms. The van der Waals surface area contributed by atoms with Gasteiger partial charge in [-0.1, -0.05) is 12.1 Å². The lowest BCUT2D eigenvalue weighted by molar-refractivity contribution is -0.00914. The molecule has 3 rings (SSSR count). The molecule has 1 aromatic carbocycles. The second-order valence-electron chi connectivity index (χ2n) is 7.46. The maximum atomic E-state index is 14.1. The van der Waals surface area contributed by atoms with Crippen molar-refractivity contribution in [3.63, 3.8) is 0 Å². The number of halogens is 1. The van der Waals surface area contributed by atoms with Crippen LogP contribution in [0.1, 0.15) is 36.8 Å². The zero-order chi connectivity index (χ0) is 17.8. The number of nitrogens with zero attached hydrogens (tertiary/aromatic N) is 1. The number of rotatable bonds is 6. The van der Waals surface area contributed by atoms with E-state index in [1.807, 2.05) is 25.1 Å². The Kier molecular flexibility index (Phi) is 5.91. The summed E-state index contributed by atoms with van der Waals surface area (Å²) in [5.74, 6) is 0.460. The molecule has 2 amide bonds. The number of carbonyl (C=O) groups excluding carboxylic acids is 1. The molecular formula is C19H28FN3O2. The minimum Gasteiger partial charge on any atom is -0.378 e. The Balaban J connectivity index is 1.44. The van der Waals surface area contributed by atoms with Gasteiger partial charge in [0.1, 0.15) is 5.82 Å². The second-order valence-corrected chi connectivity index (χ2v) is 7.46. The minimum atomic E-state index is -0.231. The van der Waals surface area contributed by atoms with E-state index in [-0.39, 0.29) is 17.9 Å². The molecule has 0 bridgehead atoms. The van der Waals surface area contributed by atoms with E-state index in [2.05, 4.69) is 10.6 Å². The highest BCUT2D eigenvalue weighted by molar-refractivity contribution is 5.74. The van der Waals surface area contributed by atoms with Crippen molar-refractivity contribution in [1.29, 1.82) is 0 Å². The third kappa shape index (κ3) is 5.41. The van der Waals surface area contributed by atoms with Gasteiger partial charge in [-0.25, -0.2) is 9.18 Å². The number of ether oxygens (including phenoxy) is 1. The van der Waals surface area contributed by atoms with Crippen LogP contribution in [-0.2, 0) is 17.8 Å². The molecule has 1 aliphatic heterocycles. The fourth-order valence-corrected chi connectivity index (χ4v) is 3.34. The summed E-state index contributed by atoms with van der Waals surface area (Å²) in [4.78, 5) is 14.0. The van der Waals surface area contributed by atoms with Crippen LogP contribution in [0, 0.1) is 11.7 Å². The van der Waals surface area contributed by atoms with E-state index in [1.165, 1.54) is 18.9 Å². The van der Waals surface area contributed by atoms with Crippen LogP contribution in [0.3, 0.4) is 0 Å². The van der Waals surface area contributed by atoms with E-state index in [4.69, 9.17) is 4.74 Å². The summed E-state index contributed by atoms with van der Waals surface area (Å²) >= 11 is 0. The Hall–Kier alpha value is -1.66. The number of nitrogens with one attached hydrogen (secondary N) is 2. The molecule has 25 heavy (non-hydrogen) atoms. The zero-order valence-electron chi connectivity index (χ0n) is 15.1. The SMILES string of the molecule is CN(C)Cc1ccc(CNC(=O)NC2CCOC(C3CC3)C2)cc1F. The van der Waals surface area contributed by atoms with Crippen molar-refractivity contribution in [2.45, 2.75) is 50.9 Å². The Morgan fingerprint density at radius 1 is 1.32 bits per heavy atom. The lowest BCUT2D eigenvalue weighted by Crippen LogP contribution is -2.46. The van der Waals surface area contributed by atoms with Crippen LogP contribution < -0.4 is 10.6 Å². The van der Waals surface area contributed by atoms with Gasteiger partial charge in [-0.3, -0.25) is 0 Å². The van der Waals surface area contributed by atoms with Gasteiger partial charge in [0.2, 0.25) is 0 Å². The first-order valence-electron chi connectivity index (χ1n) is 9.09. The van der Waals surface area contributed by atoms with Gasteiger partial charge in [0.05, 0.1) is 6.10 Å². The molecule has 2 unspecified atom stereocenters. The summed E-state index contributed by atoms with van der Waals surface area (Å²) in [7, 11) is 3.81. The summed E-state index contributed by atoms with van der Waals surface area (Å²) in [6.45, 7) is 1.59. The molecule has 5 nitrogen and oxygen atoms in total. The number of benzene rings is 1. The van der Waals surface area contributed by atoms with Crippen molar-refractivity contribution in [3.05, 3.63) is 35.1 Å². The van der Waals surface area contributed by atoms with Crippen LogP contribution in [0.15, 0.2) is 18.2 Å². The molecule has 1 saturated carbocycles. The molecule has 1 aliphatic carbocycles. The monoisotopic (exact) mass is 349 g/mol. The molecule has 2 fully saturated rings. The fourth-order valence-electron chi connectivity index (χ4n) is 3.34. The van der Waals surface area contributed by atoms with Gasteiger partial charge >= 0.3 is 6.03 Å². The third-order valence-corrected chi connectivity index (χ3v) is 4.86. The maximum absolute atomic E-state index is 14.1. The largest absolute Gasteiger partial charge is 0.378 e. The van der Waals surface area contributed by atoms with Crippen molar-refractivity contribution < 1.29 is 13.9 Å². The van der Waals surface area contributed by atoms with Gasteiger partial charge in [-0.15, -0.1) is 0 Å². The number of amides is 2. The first-order valence-corrected chi connectivity index (χ1v) is 9.09. The highest BCUT2D eigenvalue weighted by Gasteiger charge is 2.36. The van der Waals surface area contributed by atoms with Crippen LogP contribution >= 0.6 is 0 Å². The van der Waals surface area contributed by atoms with Gasteiger partial charge < -0.3 is 20.3 Å². The quantitative estimate of drug-likeness (QED) is 0.830. The van der Waals surface area contributed by atoms with Crippen LogP contribution in [0.25, 0.3) is 0 Å². The molecule has 0 aromatic heterocycles. The third-order valence-electron chi connectivity index (χ3n) is 4.86. The molecule has 2 aliphatic rings. The van der Waals surface area contributed by atoms with Gasteiger partial charge in [-0.2, -0.15) is 0 Å². The summed E-state index contributed by atoms with van der Waals surface area (Å²) in [5, 5.41) is 5.85. The van der Waals surface area contributed by atoms with Crippen LogP contribution in [0.4, 0.5) is 9.18 Å². The van der Waals surface area contributed by atoms with E-state index in [1.54, 1.807) is 6.07 Å². The van der Waals surface area contributed by atoms with Gasteiger partial charge in [0.15, 0.2) is 0 Å². The Bertz CT molecular complexity index is 604. The van der Waals surface area contributed by atoms with Crippen LogP contribution in [0.5, 0.6) is 0 Å². The highest BCUT2D eigenvalue weighted by Crippen LogP contribution is 2.38. The first-order chi connectivity index (χ1) is 12.0. The van der Waals surface area contributed by atoms with Crippen molar-refractivity contribution in [3.8, 4) is 0 Å². The van der Waals surface area contributed by atoms with Crippen molar-refractivity contribution in [1.82, 2.24) is 15.5 Å². The minimum absolute atomic E-state index is 0.165. The summed E-state index contributed by atoms with van der Waals surface area (Å²) < 4.78 is 19.8. The Labute approximate surface area is 148 Å². The number of carbonyl (C=O) groups is 1. The normalized spacial score (nSPS) is 23.5. The molecule has 2 atom stereocenters. The number of urea groups is 1. The number of hydrogen-bond donors (Lipinski definition) is 2. The second kappa shape index (κ2) is 8.15. The Morgan fingerprint density at radius 3 is 2.80 bits per heavy atom. The van der Waals surface area contributed by atoms with Crippen LogP contribution in [0.2, 0.25) is 0 Å². The lowest BCUT2D eigenvalue weighted by atomic mass is 10.0. The maximum Gasteiger partial charge on any atom is 0.315 e. The molecular weight excluding hydrogens is 321 g/mol. The smallest absolute Gasteiger partial charge is 0.315 e. The summed E-state index contributed by atoms with van der Waals surface area (Å²) in [6.07, 6.45) is 4.55. The summed E-state index contributed by atoms with van der Waals surface area (Å²) in [6, 6.07) is 5.11.